The molecular formula is C61H40BF24NO. The van der Waals surface area contributed by atoms with E-state index in [2.05, 4.69) is 53.1 Å². The van der Waals surface area contributed by atoms with Crippen LogP contribution in [0.3, 0.4) is 0 Å². The number of hydrogen-bond donors (Lipinski definition) is 0. The van der Waals surface area contributed by atoms with Gasteiger partial charge in [-0.25, -0.2) is 0 Å². The smallest absolute Gasteiger partial charge is 0.287 e. The van der Waals surface area contributed by atoms with Crippen LogP contribution >= 0.6 is 0 Å². The van der Waals surface area contributed by atoms with Crippen LogP contribution in [0.1, 0.15) is 98.5 Å². The predicted octanol–water partition coefficient (Wildman–Crippen LogP) is 17.9. The molecule has 2 nitrogen and oxygen atoms in total. The minimum Gasteiger partial charge on any atom is -0.287 e. The van der Waals surface area contributed by atoms with E-state index in [1.807, 2.05) is 42.5 Å². The number of halogens is 24. The van der Waals surface area contributed by atoms with Gasteiger partial charge in [0, 0.05) is 28.6 Å². The number of ketones is 1. The van der Waals surface area contributed by atoms with Crippen LogP contribution in [0.25, 0.3) is 22.2 Å². The fourth-order valence-corrected chi connectivity index (χ4v) is 11.0. The minimum absolute atomic E-state index is 0.127. The standard InChI is InChI=1S/C32H12BF24.C29H28NO/c34-25(35,36)13-1-14(26(37,38)39)6-21(5-13)33(22-7-15(27(40,41)42)2-16(8-22)28(43,44)45,23-9-17(29(46,47)48)3-18(10-23)30(49,50)51)24-11-19(31(52,53)54)4-20(12-24)32(55,56)57;31-29(26-12-5-2-6-13-26)21-30-27-14-8-7-11-24(27)19-20-28(30)25-17-15-23(16-18-25)22-9-3-1-4-10-22/h1-12H;2,5-8,11-20,22H,1,3-4,9-10,21H2/q-1;+1. The number of nitrogens with zero attached hydrogens (tertiary/aromatic N) is 1. The average Bonchev–Trinajstić information content (AvgIpc) is 2.60. The van der Waals surface area contributed by atoms with E-state index < -0.39 is 195 Å². The molecule has 0 spiro atoms. The van der Waals surface area contributed by atoms with Crippen LogP contribution in [-0.2, 0) is 56.0 Å². The Labute approximate surface area is 483 Å². The molecule has 0 atom stereocenters. The number of hydrogen-bond acceptors (Lipinski definition) is 1. The first-order valence-electron chi connectivity index (χ1n) is 26.0. The molecule has 1 heterocycles. The van der Waals surface area contributed by atoms with Gasteiger partial charge in [0.2, 0.25) is 23.5 Å². The molecule has 0 radical (unpaired) electrons. The lowest BCUT2D eigenvalue weighted by atomic mass is 9.12. The van der Waals surface area contributed by atoms with E-state index in [1.165, 1.54) is 37.7 Å². The van der Waals surface area contributed by atoms with Gasteiger partial charge in [-0.05, 0) is 72.9 Å². The van der Waals surface area contributed by atoms with Crippen molar-refractivity contribution in [3.05, 3.63) is 219 Å². The molecule has 88 heavy (non-hydrogen) atoms. The first kappa shape index (κ1) is 66.0. The molecule has 1 aliphatic carbocycles. The van der Waals surface area contributed by atoms with E-state index in [9.17, 15) is 110 Å². The lowest BCUT2D eigenvalue weighted by Gasteiger charge is -2.46. The highest BCUT2D eigenvalue weighted by Gasteiger charge is 2.47. The molecule has 466 valence electrons. The van der Waals surface area contributed by atoms with Gasteiger partial charge in [-0.1, -0.05) is 122 Å². The Bertz CT molecular complexity index is 3390. The van der Waals surface area contributed by atoms with Crippen molar-refractivity contribution in [3.8, 4) is 11.3 Å². The third-order valence-corrected chi connectivity index (χ3v) is 15.1. The number of benzene rings is 7. The molecule has 0 saturated heterocycles. The van der Waals surface area contributed by atoms with Crippen molar-refractivity contribution in [2.45, 2.75) is 94.0 Å². The summed E-state index contributed by atoms with van der Waals surface area (Å²) in [6.07, 6.45) is -48.1. The molecule has 0 unspecified atom stereocenters. The van der Waals surface area contributed by atoms with Gasteiger partial charge >= 0.3 is 49.4 Å². The summed E-state index contributed by atoms with van der Waals surface area (Å²) in [6.45, 7) is 0.324. The molecule has 1 aromatic heterocycles. The molecule has 0 amide bonds. The number of alkyl halides is 24. The van der Waals surface area contributed by atoms with E-state index >= 15 is 0 Å². The van der Waals surface area contributed by atoms with E-state index in [-0.39, 0.29) is 5.78 Å². The number of rotatable bonds is 9. The Hall–Kier alpha value is -8.00. The van der Waals surface area contributed by atoms with Gasteiger partial charge in [0.1, 0.15) is 6.15 Å². The summed E-state index contributed by atoms with van der Waals surface area (Å²) in [4.78, 5) is 13.1. The van der Waals surface area contributed by atoms with Gasteiger partial charge < -0.3 is 0 Å². The topological polar surface area (TPSA) is 20.9 Å². The number of fused-ring (bicyclic) bond motifs is 1. The molecule has 1 saturated carbocycles. The lowest BCUT2D eigenvalue weighted by molar-refractivity contribution is -0.646. The Morgan fingerprint density at radius 3 is 1.01 bits per heavy atom. The summed E-state index contributed by atoms with van der Waals surface area (Å²) in [6, 6.07) is 22.4. The van der Waals surface area contributed by atoms with Crippen LogP contribution in [0.4, 0.5) is 105 Å². The lowest BCUT2D eigenvalue weighted by Crippen LogP contribution is -2.75. The summed E-state index contributed by atoms with van der Waals surface area (Å²) in [5, 5.41) is 1.14. The maximum atomic E-state index is 14.2. The molecule has 7 aromatic carbocycles. The molecular weight excluding hydrogens is 1230 g/mol. The highest BCUT2D eigenvalue weighted by molar-refractivity contribution is 7.20. The quantitative estimate of drug-likeness (QED) is 0.0611. The summed E-state index contributed by atoms with van der Waals surface area (Å²) in [5.41, 5.74) is -24.7. The molecule has 0 aliphatic heterocycles. The second-order valence-corrected chi connectivity index (χ2v) is 20.8. The first-order chi connectivity index (χ1) is 40.6. The van der Waals surface area contributed by atoms with Gasteiger partial charge in [-0.15, -0.1) is 0 Å². The zero-order chi connectivity index (χ0) is 65.0. The third-order valence-electron chi connectivity index (χ3n) is 15.1. The molecule has 0 N–H and O–H groups in total. The molecule has 1 fully saturated rings. The van der Waals surface area contributed by atoms with Crippen molar-refractivity contribution in [1.29, 1.82) is 0 Å². The zero-order valence-electron chi connectivity index (χ0n) is 44.4. The van der Waals surface area contributed by atoms with Crippen LogP contribution in [0.2, 0.25) is 0 Å². The largest absolute Gasteiger partial charge is 0.416 e. The van der Waals surface area contributed by atoms with E-state index in [0.29, 0.717) is 12.5 Å². The van der Waals surface area contributed by atoms with Gasteiger partial charge in [-0.3, -0.25) is 4.79 Å². The van der Waals surface area contributed by atoms with Crippen molar-refractivity contribution in [2.24, 2.45) is 0 Å². The fraction of sp³-hybridized carbons (Fsp3) is 0.246. The normalized spacial score (nSPS) is 14.4. The number of Topliss-reactive ketones (excluding diaryl/α,β-unsaturated/α-hetero) is 1. The highest BCUT2D eigenvalue weighted by atomic mass is 19.4. The molecule has 27 heteroatoms. The van der Waals surface area contributed by atoms with Crippen LogP contribution in [0.5, 0.6) is 0 Å². The van der Waals surface area contributed by atoms with Crippen LogP contribution in [0, 0.1) is 0 Å². The van der Waals surface area contributed by atoms with Crippen molar-refractivity contribution in [1.82, 2.24) is 0 Å². The molecule has 1 aliphatic rings. The van der Waals surface area contributed by atoms with Gasteiger partial charge in [0.05, 0.1) is 44.5 Å². The van der Waals surface area contributed by atoms with Gasteiger partial charge in [0.25, 0.3) is 0 Å². The Kier molecular flexibility index (Phi) is 17.9. The zero-order valence-corrected chi connectivity index (χ0v) is 44.4. The summed E-state index contributed by atoms with van der Waals surface area (Å²) < 4.78 is 343. The van der Waals surface area contributed by atoms with Crippen molar-refractivity contribution >= 4 is 44.7 Å². The maximum absolute atomic E-state index is 14.2. The molecule has 8 aromatic rings. The fourth-order valence-electron chi connectivity index (χ4n) is 11.0. The van der Waals surface area contributed by atoms with Crippen LogP contribution in [-0.4, -0.2) is 11.9 Å². The van der Waals surface area contributed by atoms with Crippen LogP contribution in [0.15, 0.2) is 164 Å². The number of carbonyl (C=O) groups excluding carboxylic acids is 1. The summed E-state index contributed by atoms with van der Waals surface area (Å²) in [7, 11) is 0. The van der Waals surface area contributed by atoms with E-state index in [4.69, 9.17) is 0 Å². The Morgan fingerprint density at radius 2 is 0.682 bits per heavy atom. The average molecular weight is 1270 g/mol. The Balaban J connectivity index is 0.000000269. The second-order valence-electron chi connectivity index (χ2n) is 20.8. The number of para-hydroxylation sites is 1. The summed E-state index contributed by atoms with van der Waals surface area (Å²) >= 11 is 0. The SMILES string of the molecule is FC(F)(F)c1cc([B-](c2cc(C(F)(F)F)cc(C(F)(F)F)c2)(c2cc(C(F)(F)F)cc(C(F)(F)F)c2)c2cc(C(F)(F)F)cc(C(F)(F)F)c2)cc(C(F)(F)F)c1.O=C(C[n+]1c(-c2ccc(C3CCCCC3)cc2)ccc2ccccc21)c1ccccc1. The van der Waals surface area contributed by atoms with Crippen molar-refractivity contribution < 1.29 is 115 Å². The predicted molar refractivity (Wildman–Crippen MR) is 276 cm³/mol. The van der Waals surface area contributed by atoms with Crippen molar-refractivity contribution in [2.75, 3.05) is 0 Å². The first-order valence-corrected chi connectivity index (χ1v) is 26.0. The van der Waals surface area contributed by atoms with E-state index in [1.54, 1.807) is 0 Å². The maximum Gasteiger partial charge on any atom is 0.416 e. The molecule has 9 rings (SSSR count). The number of pyridine rings is 1. The van der Waals surface area contributed by atoms with Gasteiger partial charge in [0.15, 0.2) is 0 Å². The van der Waals surface area contributed by atoms with E-state index in [0.717, 1.165) is 27.7 Å². The van der Waals surface area contributed by atoms with Crippen LogP contribution < -0.4 is 26.4 Å². The number of carbonyl (C=O) groups is 1. The Morgan fingerprint density at radius 1 is 0.364 bits per heavy atom. The van der Waals surface area contributed by atoms with Gasteiger partial charge in [-0.2, -0.15) is 132 Å². The summed E-state index contributed by atoms with van der Waals surface area (Å²) in [5.74, 6) is 0.827. The monoisotopic (exact) mass is 1270 g/mol. The second kappa shape index (κ2) is 23.8. The van der Waals surface area contributed by atoms with Crippen molar-refractivity contribution in [3.63, 3.8) is 0 Å². The highest BCUT2D eigenvalue weighted by Crippen LogP contribution is 2.42. The third kappa shape index (κ3) is 14.6. The molecule has 0 bridgehead atoms. The minimum atomic E-state index is -6.13. The number of aromatic nitrogens is 1.